The van der Waals surface area contributed by atoms with Gasteiger partial charge in [-0.3, -0.25) is 4.79 Å². The van der Waals surface area contributed by atoms with E-state index in [9.17, 15) is 4.79 Å². The zero-order chi connectivity index (χ0) is 16.2. The lowest BCUT2D eigenvalue weighted by Gasteiger charge is -2.42. The Morgan fingerprint density at radius 3 is 2.59 bits per heavy atom. The van der Waals surface area contributed by atoms with E-state index in [1.54, 1.807) is 7.11 Å². The molecule has 5 heteroatoms. The largest absolute Gasteiger partial charge is 0.491 e. The fourth-order valence-corrected chi connectivity index (χ4v) is 2.67. The zero-order valence-electron chi connectivity index (χ0n) is 13.7. The first kappa shape index (κ1) is 16.8. The number of hydrogen-bond acceptors (Lipinski definition) is 4. The van der Waals surface area contributed by atoms with Crippen LogP contribution in [0.25, 0.3) is 0 Å². The number of piperidine rings is 1. The van der Waals surface area contributed by atoms with Gasteiger partial charge in [0, 0.05) is 31.8 Å². The minimum absolute atomic E-state index is 0.0445. The molecule has 1 amide bonds. The Morgan fingerprint density at radius 1 is 1.32 bits per heavy atom. The number of rotatable bonds is 5. The van der Waals surface area contributed by atoms with Gasteiger partial charge < -0.3 is 20.1 Å². The smallest absolute Gasteiger partial charge is 0.253 e. The molecule has 0 aromatic heterocycles. The molecule has 1 aliphatic heterocycles. The van der Waals surface area contributed by atoms with Crippen molar-refractivity contribution in [3.05, 3.63) is 29.8 Å². The highest BCUT2D eigenvalue weighted by Gasteiger charge is 2.35. The van der Waals surface area contributed by atoms with Crippen LogP contribution in [0, 0.1) is 5.41 Å². The highest BCUT2D eigenvalue weighted by atomic mass is 16.5. The molecular formula is C17H26N2O3. The molecule has 22 heavy (non-hydrogen) atoms. The van der Waals surface area contributed by atoms with Crippen LogP contribution in [0.15, 0.2) is 24.3 Å². The second-order valence-corrected chi connectivity index (χ2v) is 6.48. The second kappa shape index (κ2) is 7.11. The van der Waals surface area contributed by atoms with Gasteiger partial charge in [0.25, 0.3) is 5.91 Å². The molecule has 0 radical (unpaired) electrons. The summed E-state index contributed by atoms with van der Waals surface area (Å²) in [5.41, 5.74) is 6.77. The third-order valence-electron chi connectivity index (χ3n) is 4.26. The first-order chi connectivity index (χ1) is 10.4. The van der Waals surface area contributed by atoms with E-state index in [0.717, 1.165) is 18.7 Å². The molecule has 0 bridgehead atoms. The van der Waals surface area contributed by atoms with E-state index in [-0.39, 0.29) is 17.4 Å². The quantitative estimate of drug-likeness (QED) is 0.844. The topological polar surface area (TPSA) is 64.8 Å². The van der Waals surface area contributed by atoms with Gasteiger partial charge in [0.05, 0.1) is 6.61 Å². The van der Waals surface area contributed by atoms with Gasteiger partial charge in [-0.05, 0) is 36.1 Å². The summed E-state index contributed by atoms with van der Waals surface area (Å²) >= 11 is 0. The highest BCUT2D eigenvalue weighted by Crippen LogP contribution is 2.28. The summed E-state index contributed by atoms with van der Waals surface area (Å²) in [6.07, 6.45) is 0.844. The van der Waals surface area contributed by atoms with Crippen LogP contribution in [-0.4, -0.2) is 50.3 Å². The molecule has 1 saturated heterocycles. The number of carbonyl (C=O) groups is 1. The van der Waals surface area contributed by atoms with Crippen LogP contribution >= 0.6 is 0 Å². The Labute approximate surface area is 132 Å². The Balaban J connectivity index is 1.98. The second-order valence-electron chi connectivity index (χ2n) is 6.48. The van der Waals surface area contributed by atoms with Crippen molar-refractivity contribution in [2.45, 2.75) is 26.3 Å². The fourth-order valence-electron chi connectivity index (χ4n) is 2.67. The molecule has 1 aliphatic rings. The summed E-state index contributed by atoms with van der Waals surface area (Å²) < 4.78 is 10.4. The Hall–Kier alpha value is -1.59. The van der Waals surface area contributed by atoms with Crippen LogP contribution in [0.1, 0.15) is 30.6 Å². The van der Waals surface area contributed by atoms with Crippen molar-refractivity contribution in [2.75, 3.05) is 33.4 Å². The van der Waals surface area contributed by atoms with Crippen molar-refractivity contribution in [1.29, 1.82) is 0 Å². The molecule has 122 valence electrons. The summed E-state index contributed by atoms with van der Waals surface area (Å²) in [6.45, 7) is 6.69. The zero-order valence-corrected chi connectivity index (χ0v) is 13.7. The van der Waals surface area contributed by atoms with Gasteiger partial charge in [-0.2, -0.15) is 0 Å². The van der Waals surface area contributed by atoms with Gasteiger partial charge >= 0.3 is 0 Å². The van der Waals surface area contributed by atoms with E-state index >= 15 is 0 Å². The molecular weight excluding hydrogens is 280 g/mol. The SMILES string of the molecule is COCCOc1ccc(C(=O)N2CCC(N)C(C)(C)C2)cc1. The lowest BCUT2D eigenvalue weighted by atomic mass is 9.79. The van der Waals surface area contributed by atoms with Gasteiger partial charge in [-0.15, -0.1) is 0 Å². The Bertz CT molecular complexity index is 499. The molecule has 1 fully saturated rings. The average molecular weight is 306 g/mol. The monoisotopic (exact) mass is 306 g/mol. The van der Waals surface area contributed by atoms with Crippen LogP contribution in [0.5, 0.6) is 5.75 Å². The fraction of sp³-hybridized carbons (Fsp3) is 0.588. The molecule has 0 spiro atoms. The van der Waals surface area contributed by atoms with E-state index < -0.39 is 0 Å². The maximum Gasteiger partial charge on any atom is 0.253 e. The summed E-state index contributed by atoms with van der Waals surface area (Å²) in [5.74, 6) is 0.804. The molecule has 0 saturated carbocycles. The lowest BCUT2D eigenvalue weighted by molar-refractivity contribution is 0.0533. The molecule has 1 heterocycles. The maximum absolute atomic E-state index is 12.6. The van der Waals surface area contributed by atoms with E-state index in [4.69, 9.17) is 15.2 Å². The molecule has 5 nitrogen and oxygen atoms in total. The van der Waals surface area contributed by atoms with Gasteiger partial charge in [0.2, 0.25) is 0 Å². The average Bonchev–Trinajstić information content (AvgIpc) is 2.50. The number of carbonyl (C=O) groups excluding carboxylic acids is 1. The Kier molecular flexibility index (Phi) is 5.42. The number of nitrogens with zero attached hydrogens (tertiary/aromatic N) is 1. The number of hydrogen-bond donors (Lipinski definition) is 1. The van der Waals surface area contributed by atoms with Gasteiger partial charge in [-0.25, -0.2) is 0 Å². The predicted molar refractivity (Wildman–Crippen MR) is 86.1 cm³/mol. The third-order valence-corrected chi connectivity index (χ3v) is 4.26. The van der Waals surface area contributed by atoms with Crippen molar-refractivity contribution >= 4 is 5.91 Å². The van der Waals surface area contributed by atoms with Crippen molar-refractivity contribution in [3.63, 3.8) is 0 Å². The summed E-state index contributed by atoms with van der Waals surface area (Å²) in [5, 5.41) is 0. The number of methoxy groups -OCH3 is 1. The first-order valence-corrected chi connectivity index (χ1v) is 7.71. The molecule has 1 unspecified atom stereocenters. The molecule has 2 N–H and O–H groups in total. The molecule has 1 aromatic carbocycles. The Morgan fingerprint density at radius 2 is 2.00 bits per heavy atom. The standard InChI is InChI=1S/C17H26N2O3/c1-17(2)12-19(9-8-15(17)18)16(20)13-4-6-14(7-5-13)22-11-10-21-3/h4-7,15H,8-12,18H2,1-3H3. The number of nitrogens with two attached hydrogens (primary N) is 1. The van der Waals surface area contributed by atoms with E-state index in [1.165, 1.54) is 0 Å². The van der Waals surface area contributed by atoms with Crippen molar-refractivity contribution in [3.8, 4) is 5.75 Å². The van der Waals surface area contributed by atoms with Crippen LogP contribution < -0.4 is 10.5 Å². The van der Waals surface area contributed by atoms with Crippen LogP contribution in [-0.2, 0) is 4.74 Å². The number of likely N-dealkylation sites (tertiary alicyclic amines) is 1. The normalized spacial score (nSPS) is 20.7. The first-order valence-electron chi connectivity index (χ1n) is 7.71. The number of benzene rings is 1. The number of ether oxygens (including phenoxy) is 2. The summed E-state index contributed by atoms with van der Waals surface area (Å²) in [7, 11) is 1.64. The van der Waals surface area contributed by atoms with Crippen LogP contribution in [0.4, 0.5) is 0 Å². The molecule has 2 rings (SSSR count). The van der Waals surface area contributed by atoms with Gasteiger partial charge in [-0.1, -0.05) is 13.8 Å². The predicted octanol–water partition coefficient (Wildman–Crippen LogP) is 1.91. The van der Waals surface area contributed by atoms with E-state index in [0.29, 0.717) is 25.3 Å². The number of amides is 1. The van der Waals surface area contributed by atoms with Crippen molar-refractivity contribution in [1.82, 2.24) is 4.90 Å². The minimum atomic E-state index is -0.0445. The van der Waals surface area contributed by atoms with Crippen molar-refractivity contribution in [2.24, 2.45) is 11.1 Å². The summed E-state index contributed by atoms with van der Waals surface area (Å²) in [6, 6.07) is 7.42. The minimum Gasteiger partial charge on any atom is -0.491 e. The van der Waals surface area contributed by atoms with Crippen LogP contribution in [0.3, 0.4) is 0 Å². The van der Waals surface area contributed by atoms with Crippen LogP contribution in [0.2, 0.25) is 0 Å². The third kappa shape index (κ3) is 3.99. The highest BCUT2D eigenvalue weighted by molar-refractivity contribution is 5.94. The van der Waals surface area contributed by atoms with Gasteiger partial charge in [0.15, 0.2) is 0 Å². The van der Waals surface area contributed by atoms with Gasteiger partial charge in [0.1, 0.15) is 12.4 Å². The molecule has 1 aromatic rings. The lowest BCUT2D eigenvalue weighted by Crippen LogP contribution is -2.53. The summed E-state index contributed by atoms with van der Waals surface area (Å²) in [4.78, 5) is 14.5. The molecule has 0 aliphatic carbocycles. The van der Waals surface area contributed by atoms with E-state index in [1.807, 2.05) is 29.2 Å². The van der Waals surface area contributed by atoms with Crippen molar-refractivity contribution < 1.29 is 14.3 Å². The van der Waals surface area contributed by atoms with E-state index in [2.05, 4.69) is 13.8 Å². The maximum atomic E-state index is 12.6. The molecule has 1 atom stereocenters.